The summed E-state index contributed by atoms with van der Waals surface area (Å²) >= 11 is 0. The molecule has 0 rings (SSSR count). The fourth-order valence-corrected chi connectivity index (χ4v) is 1.64. The van der Waals surface area contributed by atoms with E-state index in [1.54, 1.807) is 0 Å². The Kier molecular flexibility index (Phi) is 12.5. The Balaban J connectivity index is 0. The van der Waals surface area contributed by atoms with E-state index in [2.05, 4.69) is 27.8 Å². The summed E-state index contributed by atoms with van der Waals surface area (Å²) in [5, 5.41) is 0. The van der Waals surface area contributed by atoms with Gasteiger partial charge in [-0.2, -0.15) is 0 Å². The number of nitrogens with zero attached hydrogens (tertiary/aromatic N) is 1. The van der Waals surface area contributed by atoms with Crippen LogP contribution in [0.4, 0.5) is 0 Å². The standard InChI is InChI=1S/C12H28N.HI/c1-5-8-9-10-11-12-13(4,6-2)7-3;/h5-12H2,1-4H3;1H/q+1;/p-1. The molecule has 0 N–H and O–H groups in total. The van der Waals surface area contributed by atoms with Crippen molar-refractivity contribution >= 4 is 0 Å². The summed E-state index contributed by atoms with van der Waals surface area (Å²) in [6, 6.07) is 0. The number of halogens is 1. The Morgan fingerprint density at radius 2 is 1.29 bits per heavy atom. The summed E-state index contributed by atoms with van der Waals surface area (Å²) in [6.45, 7) is 10.8. The molecule has 0 aromatic carbocycles. The van der Waals surface area contributed by atoms with E-state index in [1.165, 1.54) is 56.2 Å². The van der Waals surface area contributed by atoms with Gasteiger partial charge in [-0.25, -0.2) is 0 Å². The van der Waals surface area contributed by atoms with Gasteiger partial charge in [-0.3, -0.25) is 0 Å². The molecule has 0 atom stereocenters. The first-order valence-corrected chi connectivity index (χ1v) is 6.02. The largest absolute Gasteiger partial charge is 1.00 e. The minimum atomic E-state index is 0. The highest BCUT2D eigenvalue weighted by Crippen LogP contribution is 2.08. The van der Waals surface area contributed by atoms with Crippen molar-refractivity contribution in [2.24, 2.45) is 0 Å². The second-order valence-corrected chi connectivity index (χ2v) is 4.39. The second-order valence-electron chi connectivity index (χ2n) is 4.39. The molecule has 2 heteroatoms. The van der Waals surface area contributed by atoms with Gasteiger partial charge in [0, 0.05) is 0 Å². The number of rotatable bonds is 8. The zero-order valence-corrected chi connectivity index (χ0v) is 12.6. The van der Waals surface area contributed by atoms with Crippen LogP contribution in [0.2, 0.25) is 0 Å². The molecule has 88 valence electrons. The van der Waals surface area contributed by atoms with Crippen molar-refractivity contribution in [1.82, 2.24) is 0 Å². The van der Waals surface area contributed by atoms with E-state index in [0.717, 1.165) is 0 Å². The highest BCUT2D eigenvalue weighted by molar-refractivity contribution is 4.42. The van der Waals surface area contributed by atoms with Gasteiger partial charge in [0.25, 0.3) is 0 Å². The maximum absolute atomic E-state index is 2.37. The molecule has 0 saturated heterocycles. The summed E-state index contributed by atoms with van der Waals surface area (Å²) in [7, 11) is 2.37. The third kappa shape index (κ3) is 8.04. The normalized spacial score (nSPS) is 11.1. The Hall–Kier alpha value is 0.690. The van der Waals surface area contributed by atoms with E-state index in [4.69, 9.17) is 0 Å². The van der Waals surface area contributed by atoms with E-state index in [0.29, 0.717) is 0 Å². The molecular formula is C12H28IN. The van der Waals surface area contributed by atoms with Crippen LogP contribution in [0, 0.1) is 0 Å². The Morgan fingerprint density at radius 3 is 1.71 bits per heavy atom. The van der Waals surface area contributed by atoms with Crippen molar-refractivity contribution in [2.75, 3.05) is 26.7 Å². The first-order valence-electron chi connectivity index (χ1n) is 6.02. The van der Waals surface area contributed by atoms with Crippen molar-refractivity contribution in [3.8, 4) is 0 Å². The number of hydrogen-bond donors (Lipinski definition) is 0. The maximum Gasteiger partial charge on any atom is 0.0784 e. The van der Waals surface area contributed by atoms with Crippen LogP contribution in [0.5, 0.6) is 0 Å². The average Bonchev–Trinajstić information content (AvgIpc) is 2.17. The predicted octanol–water partition coefficient (Wildman–Crippen LogP) is 0.447. The van der Waals surface area contributed by atoms with Crippen LogP contribution < -0.4 is 24.0 Å². The lowest BCUT2D eigenvalue weighted by Crippen LogP contribution is -3.00. The molecule has 14 heavy (non-hydrogen) atoms. The summed E-state index contributed by atoms with van der Waals surface area (Å²) in [5.41, 5.74) is 0. The highest BCUT2D eigenvalue weighted by Gasteiger charge is 2.14. The van der Waals surface area contributed by atoms with Crippen LogP contribution in [0.3, 0.4) is 0 Å². The van der Waals surface area contributed by atoms with E-state index in [1.807, 2.05) is 0 Å². The first kappa shape index (κ1) is 17.1. The second kappa shape index (κ2) is 10.2. The van der Waals surface area contributed by atoms with Crippen LogP contribution in [0.1, 0.15) is 52.9 Å². The lowest BCUT2D eigenvalue weighted by atomic mass is 10.1. The predicted molar refractivity (Wildman–Crippen MR) is 60.9 cm³/mol. The molecule has 0 fully saturated rings. The molecule has 0 aliphatic heterocycles. The molecule has 0 bridgehead atoms. The molecule has 0 amide bonds. The quantitative estimate of drug-likeness (QED) is 0.347. The molecule has 0 spiro atoms. The molecule has 0 saturated carbocycles. The fourth-order valence-electron chi connectivity index (χ4n) is 1.64. The van der Waals surface area contributed by atoms with Crippen molar-refractivity contribution in [3.63, 3.8) is 0 Å². The van der Waals surface area contributed by atoms with Gasteiger partial charge in [-0.15, -0.1) is 0 Å². The number of hydrogen-bond acceptors (Lipinski definition) is 0. The summed E-state index contributed by atoms with van der Waals surface area (Å²) < 4.78 is 1.26. The minimum Gasteiger partial charge on any atom is -1.00 e. The minimum absolute atomic E-state index is 0. The highest BCUT2D eigenvalue weighted by atomic mass is 127. The monoisotopic (exact) mass is 313 g/mol. The van der Waals surface area contributed by atoms with Gasteiger partial charge in [0.15, 0.2) is 0 Å². The third-order valence-corrected chi connectivity index (χ3v) is 3.33. The first-order chi connectivity index (χ1) is 6.18. The molecule has 0 aromatic heterocycles. The molecule has 0 aliphatic carbocycles. The molecule has 1 nitrogen and oxygen atoms in total. The van der Waals surface area contributed by atoms with Gasteiger partial charge in [0.1, 0.15) is 0 Å². The smallest absolute Gasteiger partial charge is 0.0784 e. The fraction of sp³-hybridized carbons (Fsp3) is 1.00. The van der Waals surface area contributed by atoms with E-state index >= 15 is 0 Å². The molecule has 0 radical (unpaired) electrons. The Morgan fingerprint density at radius 1 is 0.786 bits per heavy atom. The summed E-state index contributed by atoms with van der Waals surface area (Å²) in [5.74, 6) is 0. The van der Waals surface area contributed by atoms with Gasteiger partial charge in [-0.05, 0) is 26.7 Å². The number of unbranched alkanes of at least 4 members (excludes halogenated alkanes) is 4. The van der Waals surface area contributed by atoms with Gasteiger partial charge in [0.05, 0.1) is 26.7 Å². The van der Waals surface area contributed by atoms with Crippen molar-refractivity contribution in [3.05, 3.63) is 0 Å². The van der Waals surface area contributed by atoms with Gasteiger partial charge < -0.3 is 28.5 Å². The van der Waals surface area contributed by atoms with Crippen molar-refractivity contribution in [2.45, 2.75) is 52.9 Å². The van der Waals surface area contributed by atoms with E-state index < -0.39 is 0 Å². The van der Waals surface area contributed by atoms with Crippen LogP contribution >= 0.6 is 0 Å². The Labute approximate surface area is 108 Å². The summed E-state index contributed by atoms with van der Waals surface area (Å²) in [4.78, 5) is 0. The van der Waals surface area contributed by atoms with Gasteiger partial charge in [0.2, 0.25) is 0 Å². The molecule has 0 aromatic rings. The van der Waals surface area contributed by atoms with Crippen molar-refractivity contribution < 1.29 is 28.5 Å². The number of quaternary nitrogens is 1. The topological polar surface area (TPSA) is 0 Å². The van der Waals surface area contributed by atoms with Gasteiger partial charge in [-0.1, -0.05) is 26.2 Å². The van der Waals surface area contributed by atoms with Crippen LogP contribution in [-0.4, -0.2) is 31.2 Å². The van der Waals surface area contributed by atoms with E-state index in [9.17, 15) is 0 Å². The van der Waals surface area contributed by atoms with Crippen LogP contribution in [0.25, 0.3) is 0 Å². The van der Waals surface area contributed by atoms with Gasteiger partial charge >= 0.3 is 0 Å². The van der Waals surface area contributed by atoms with Crippen LogP contribution in [0.15, 0.2) is 0 Å². The molecular weight excluding hydrogens is 285 g/mol. The Bertz CT molecular complexity index is 111. The van der Waals surface area contributed by atoms with Crippen molar-refractivity contribution in [1.29, 1.82) is 0 Å². The molecule has 0 unspecified atom stereocenters. The molecule has 0 aliphatic rings. The maximum atomic E-state index is 2.37. The zero-order chi connectivity index (χ0) is 10.2. The lowest BCUT2D eigenvalue weighted by molar-refractivity contribution is -0.906. The third-order valence-electron chi connectivity index (χ3n) is 3.33. The lowest BCUT2D eigenvalue weighted by Gasteiger charge is -2.32. The summed E-state index contributed by atoms with van der Waals surface area (Å²) in [6.07, 6.45) is 7.05. The zero-order valence-electron chi connectivity index (χ0n) is 10.5. The SMILES string of the molecule is CCCCCCC[N+](C)(CC)CC.[I-]. The van der Waals surface area contributed by atoms with Crippen LogP contribution in [-0.2, 0) is 0 Å². The average molecular weight is 313 g/mol. The molecule has 0 heterocycles. The van der Waals surface area contributed by atoms with E-state index in [-0.39, 0.29) is 24.0 Å².